The Balaban J connectivity index is 1.82. The molecule has 1 aliphatic carbocycles. The molecule has 0 aliphatic heterocycles. The molecule has 19 heavy (non-hydrogen) atoms. The first-order valence-corrected chi connectivity index (χ1v) is 7.99. The van der Waals surface area contributed by atoms with Crippen molar-refractivity contribution in [1.82, 2.24) is 0 Å². The van der Waals surface area contributed by atoms with Gasteiger partial charge in [0.15, 0.2) is 0 Å². The summed E-state index contributed by atoms with van der Waals surface area (Å²) in [7, 11) is 0. The van der Waals surface area contributed by atoms with Crippen LogP contribution < -0.4 is 5.73 Å². The Hall–Kier alpha value is -0.820. The van der Waals surface area contributed by atoms with Crippen LogP contribution in [0.15, 0.2) is 24.3 Å². The van der Waals surface area contributed by atoms with Crippen LogP contribution in [0.5, 0.6) is 0 Å². The summed E-state index contributed by atoms with van der Waals surface area (Å²) in [6.07, 6.45) is 9.32. The van der Waals surface area contributed by atoms with Gasteiger partial charge in [0.25, 0.3) is 0 Å². The molecule has 0 bridgehead atoms. The summed E-state index contributed by atoms with van der Waals surface area (Å²) in [5.41, 5.74) is 9.15. The summed E-state index contributed by atoms with van der Waals surface area (Å²) in [5, 5.41) is 0. The number of nitrogens with two attached hydrogens (primary N) is 1. The van der Waals surface area contributed by atoms with E-state index in [9.17, 15) is 0 Å². The number of benzene rings is 1. The average Bonchev–Trinajstić information content (AvgIpc) is 2.40. The fraction of sp³-hybridized carbons (Fsp3) is 0.667. The molecule has 0 radical (unpaired) electrons. The minimum absolute atomic E-state index is 0.341. The molecule has 2 N–H and O–H groups in total. The highest BCUT2D eigenvalue weighted by molar-refractivity contribution is 5.25. The van der Waals surface area contributed by atoms with Gasteiger partial charge >= 0.3 is 0 Å². The van der Waals surface area contributed by atoms with E-state index in [1.807, 2.05) is 0 Å². The van der Waals surface area contributed by atoms with E-state index in [-0.39, 0.29) is 0 Å². The predicted octanol–water partition coefficient (Wildman–Crippen LogP) is 4.65. The monoisotopic (exact) mass is 259 g/mol. The minimum atomic E-state index is 0.341. The van der Waals surface area contributed by atoms with Gasteiger partial charge in [-0.3, -0.25) is 0 Å². The van der Waals surface area contributed by atoms with E-state index < -0.39 is 0 Å². The van der Waals surface area contributed by atoms with E-state index in [1.165, 1.54) is 49.7 Å². The zero-order valence-electron chi connectivity index (χ0n) is 12.6. The third-order valence-electron chi connectivity index (χ3n) is 4.51. The largest absolute Gasteiger partial charge is 0.327 e. The van der Waals surface area contributed by atoms with E-state index in [4.69, 9.17) is 5.73 Å². The summed E-state index contributed by atoms with van der Waals surface area (Å²) in [4.78, 5) is 0. The Labute approximate surface area is 118 Å². The van der Waals surface area contributed by atoms with Crippen LogP contribution in [-0.2, 0) is 6.42 Å². The van der Waals surface area contributed by atoms with Crippen molar-refractivity contribution in [2.75, 3.05) is 0 Å². The maximum absolute atomic E-state index is 6.33. The van der Waals surface area contributed by atoms with Crippen LogP contribution >= 0.6 is 0 Å². The molecule has 0 heterocycles. The molecule has 2 rings (SSSR count). The van der Waals surface area contributed by atoms with Crippen molar-refractivity contribution in [2.24, 2.45) is 11.7 Å². The summed E-state index contributed by atoms with van der Waals surface area (Å²) in [6.45, 7) is 4.48. The predicted molar refractivity (Wildman–Crippen MR) is 83.4 cm³/mol. The zero-order chi connectivity index (χ0) is 13.7. The van der Waals surface area contributed by atoms with Crippen LogP contribution in [-0.4, -0.2) is 6.04 Å². The van der Waals surface area contributed by atoms with Crippen molar-refractivity contribution in [1.29, 1.82) is 0 Å². The molecular weight excluding hydrogens is 230 g/mol. The number of rotatable bonds is 5. The Morgan fingerprint density at radius 3 is 2.26 bits per heavy atom. The quantitative estimate of drug-likeness (QED) is 0.818. The van der Waals surface area contributed by atoms with Crippen molar-refractivity contribution in [3.63, 3.8) is 0 Å². The molecule has 0 aromatic heterocycles. The van der Waals surface area contributed by atoms with Crippen molar-refractivity contribution >= 4 is 0 Å². The maximum atomic E-state index is 6.33. The smallest absolute Gasteiger partial charge is 0.00819 e. The standard InChI is InChI=1S/C18H29N/c1-14(2)17-10-8-16(9-11-17)13-18(19)12-15-6-4-3-5-7-15/h8-11,14-15,18H,3-7,12-13,19H2,1-2H3. The zero-order valence-corrected chi connectivity index (χ0v) is 12.6. The van der Waals surface area contributed by atoms with E-state index in [0.717, 1.165) is 12.3 Å². The van der Waals surface area contributed by atoms with Gasteiger partial charge in [0.05, 0.1) is 0 Å². The van der Waals surface area contributed by atoms with Crippen LogP contribution in [0.4, 0.5) is 0 Å². The first-order valence-electron chi connectivity index (χ1n) is 7.99. The Kier molecular flexibility index (Phi) is 5.45. The van der Waals surface area contributed by atoms with Crippen LogP contribution in [0, 0.1) is 5.92 Å². The third kappa shape index (κ3) is 4.65. The molecule has 1 aromatic carbocycles. The topological polar surface area (TPSA) is 26.0 Å². The first-order chi connectivity index (χ1) is 9.15. The lowest BCUT2D eigenvalue weighted by molar-refractivity contribution is 0.317. The summed E-state index contributed by atoms with van der Waals surface area (Å²) in [5.74, 6) is 1.50. The van der Waals surface area contributed by atoms with E-state index in [2.05, 4.69) is 38.1 Å². The molecule has 1 fully saturated rings. The van der Waals surface area contributed by atoms with E-state index in [0.29, 0.717) is 12.0 Å². The average molecular weight is 259 g/mol. The van der Waals surface area contributed by atoms with Crippen molar-refractivity contribution in [2.45, 2.75) is 70.8 Å². The second-order valence-electron chi connectivity index (χ2n) is 6.60. The Bertz CT molecular complexity index is 360. The molecule has 1 nitrogen and oxygen atoms in total. The van der Waals surface area contributed by atoms with Crippen molar-refractivity contribution in [3.05, 3.63) is 35.4 Å². The minimum Gasteiger partial charge on any atom is -0.327 e. The SMILES string of the molecule is CC(C)c1ccc(CC(N)CC2CCCCC2)cc1. The summed E-state index contributed by atoms with van der Waals surface area (Å²) >= 11 is 0. The summed E-state index contributed by atoms with van der Waals surface area (Å²) in [6, 6.07) is 9.38. The highest BCUT2D eigenvalue weighted by atomic mass is 14.6. The normalized spacial score (nSPS) is 18.7. The number of hydrogen-bond acceptors (Lipinski definition) is 1. The van der Waals surface area contributed by atoms with Gasteiger partial charge < -0.3 is 5.73 Å². The molecule has 1 atom stereocenters. The fourth-order valence-corrected chi connectivity index (χ4v) is 3.28. The van der Waals surface area contributed by atoms with Crippen LogP contribution in [0.2, 0.25) is 0 Å². The van der Waals surface area contributed by atoms with Crippen LogP contribution in [0.25, 0.3) is 0 Å². The van der Waals surface area contributed by atoms with Gasteiger partial charge in [0, 0.05) is 6.04 Å². The molecule has 1 heteroatoms. The molecular formula is C18H29N. The summed E-state index contributed by atoms with van der Waals surface area (Å²) < 4.78 is 0. The lowest BCUT2D eigenvalue weighted by atomic mass is 9.84. The van der Waals surface area contributed by atoms with Crippen LogP contribution in [0.3, 0.4) is 0 Å². The molecule has 106 valence electrons. The highest BCUT2D eigenvalue weighted by Crippen LogP contribution is 2.27. The molecule has 0 amide bonds. The molecule has 0 spiro atoms. The van der Waals surface area contributed by atoms with Crippen molar-refractivity contribution in [3.8, 4) is 0 Å². The molecule has 1 saturated carbocycles. The number of hydrogen-bond donors (Lipinski definition) is 1. The molecule has 1 aliphatic rings. The second kappa shape index (κ2) is 7.09. The van der Waals surface area contributed by atoms with Gasteiger partial charge in [-0.15, -0.1) is 0 Å². The third-order valence-corrected chi connectivity index (χ3v) is 4.51. The molecule has 1 unspecified atom stereocenters. The molecule has 0 saturated heterocycles. The van der Waals surface area contributed by atoms with Crippen LogP contribution in [0.1, 0.15) is 69.4 Å². The van der Waals surface area contributed by atoms with Gasteiger partial charge in [-0.1, -0.05) is 70.2 Å². The van der Waals surface area contributed by atoms with Gasteiger partial charge in [-0.05, 0) is 35.8 Å². The van der Waals surface area contributed by atoms with Gasteiger partial charge in [-0.2, -0.15) is 0 Å². The maximum Gasteiger partial charge on any atom is 0.00819 e. The van der Waals surface area contributed by atoms with E-state index in [1.54, 1.807) is 0 Å². The lowest BCUT2D eigenvalue weighted by Crippen LogP contribution is -2.27. The van der Waals surface area contributed by atoms with Gasteiger partial charge in [0.1, 0.15) is 0 Å². The van der Waals surface area contributed by atoms with Gasteiger partial charge in [0.2, 0.25) is 0 Å². The first kappa shape index (κ1) is 14.6. The van der Waals surface area contributed by atoms with E-state index >= 15 is 0 Å². The highest BCUT2D eigenvalue weighted by Gasteiger charge is 2.16. The fourth-order valence-electron chi connectivity index (χ4n) is 3.28. The van der Waals surface area contributed by atoms with Gasteiger partial charge in [-0.25, -0.2) is 0 Å². The Morgan fingerprint density at radius 1 is 1.05 bits per heavy atom. The lowest BCUT2D eigenvalue weighted by Gasteiger charge is -2.24. The Morgan fingerprint density at radius 2 is 1.68 bits per heavy atom. The van der Waals surface area contributed by atoms with Crippen molar-refractivity contribution < 1.29 is 0 Å². The second-order valence-corrected chi connectivity index (χ2v) is 6.60. The molecule has 1 aromatic rings.